The van der Waals surface area contributed by atoms with Crippen LogP contribution < -0.4 is 10.6 Å². The van der Waals surface area contributed by atoms with Crippen molar-refractivity contribution in [3.05, 3.63) is 89.4 Å². The number of carbonyl (C=O) groups excluding carboxylic acids is 2. The van der Waals surface area contributed by atoms with Crippen LogP contribution in [-0.2, 0) is 0 Å². The van der Waals surface area contributed by atoms with Gasteiger partial charge >= 0.3 is 0 Å². The predicted molar refractivity (Wildman–Crippen MR) is 151 cm³/mol. The third-order valence-electron chi connectivity index (χ3n) is 4.99. The van der Waals surface area contributed by atoms with E-state index in [1.165, 1.54) is 22.7 Å². The Morgan fingerprint density at radius 1 is 0.647 bits per heavy atom. The summed E-state index contributed by atoms with van der Waals surface area (Å²) < 4.78 is 3.48. The van der Waals surface area contributed by atoms with Gasteiger partial charge in [-0.05, 0) is 60.7 Å². The summed E-state index contributed by atoms with van der Waals surface area (Å²) in [7, 11) is 0. The van der Waals surface area contributed by atoms with Gasteiger partial charge in [-0.1, -0.05) is 55.1 Å². The number of carbonyl (C=O) groups is 2. The molecule has 0 radical (unpaired) electrons. The maximum Gasteiger partial charge on any atom is 0.267 e. The van der Waals surface area contributed by atoms with Gasteiger partial charge in [0.25, 0.3) is 11.8 Å². The van der Waals surface area contributed by atoms with E-state index in [-0.39, 0.29) is 11.8 Å². The number of amides is 2. The Morgan fingerprint density at radius 3 is 1.35 bits per heavy atom. The highest BCUT2D eigenvalue weighted by Gasteiger charge is 2.22. The van der Waals surface area contributed by atoms with Gasteiger partial charge < -0.3 is 10.6 Å². The molecule has 0 aliphatic heterocycles. The normalized spacial score (nSPS) is 11.2. The number of halogens is 4. The molecule has 5 rings (SSSR count). The van der Waals surface area contributed by atoms with Gasteiger partial charge in [0, 0.05) is 40.5 Å². The summed E-state index contributed by atoms with van der Waals surface area (Å²) in [4.78, 5) is 26.5. The van der Waals surface area contributed by atoms with Crippen molar-refractivity contribution in [3.8, 4) is 0 Å². The van der Waals surface area contributed by atoms with Gasteiger partial charge in [0.05, 0.1) is 10.0 Å². The Labute approximate surface area is 229 Å². The summed E-state index contributed by atoms with van der Waals surface area (Å²) in [6.07, 6.45) is 0. The second kappa shape index (κ2) is 9.60. The molecule has 2 amide bonds. The van der Waals surface area contributed by atoms with E-state index in [2.05, 4.69) is 42.5 Å². The van der Waals surface area contributed by atoms with Crippen LogP contribution in [0.4, 0.5) is 11.4 Å². The van der Waals surface area contributed by atoms with E-state index in [0.29, 0.717) is 31.2 Å². The summed E-state index contributed by atoms with van der Waals surface area (Å²) in [6, 6.07) is 18.4. The molecule has 2 N–H and O–H groups in total. The van der Waals surface area contributed by atoms with Crippen molar-refractivity contribution in [3.63, 3.8) is 0 Å². The Balaban J connectivity index is 1.46. The second-order valence-electron chi connectivity index (χ2n) is 7.26. The van der Waals surface area contributed by atoms with Crippen LogP contribution in [0.3, 0.4) is 0 Å². The van der Waals surface area contributed by atoms with E-state index in [9.17, 15) is 9.59 Å². The molecule has 0 bridgehead atoms. The molecule has 34 heavy (non-hydrogen) atoms. The average molecular weight is 655 g/mol. The van der Waals surface area contributed by atoms with Gasteiger partial charge in [0.15, 0.2) is 0 Å². The maximum absolute atomic E-state index is 12.8. The first kappa shape index (κ1) is 23.8. The first-order chi connectivity index (χ1) is 16.3. The quantitative estimate of drug-likeness (QED) is 0.203. The van der Waals surface area contributed by atoms with Crippen LogP contribution in [0.25, 0.3) is 20.2 Å². The summed E-state index contributed by atoms with van der Waals surface area (Å²) in [5.74, 6) is -0.560. The zero-order chi connectivity index (χ0) is 24.0. The van der Waals surface area contributed by atoms with Crippen LogP contribution in [0.2, 0.25) is 10.0 Å². The fourth-order valence-corrected chi connectivity index (χ4v) is 6.74. The highest BCUT2D eigenvalue weighted by molar-refractivity contribution is 9.10. The minimum Gasteiger partial charge on any atom is -0.321 e. The zero-order valence-corrected chi connectivity index (χ0v) is 23.2. The number of fused-ring (bicyclic) bond motifs is 2. The number of hydrogen-bond donors (Lipinski definition) is 2. The topological polar surface area (TPSA) is 58.2 Å². The molecule has 2 heterocycles. The zero-order valence-electron chi connectivity index (χ0n) is 16.9. The van der Waals surface area contributed by atoms with Gasteiger partial charge in [-0.25, -0.2) is 0 Å². The molecule has 0 fully saturated rings. The van der Waals surface area contributed by atoms with Crippen molar-refractivity contribution < 1.29 is 9.59 Å². The summed E-state index contributed by atoms with van der Waals surface area (Å²) in [5.41, 5.74) is 1.35. The van der Waals surface area contributed by atoms with Crippen molar-refractivity contribution in [2.24, 2.45) is 0 Å². The number of anilines is 2. The highest BCUT2D eigenvalue weighted by atomic mass is 79.9. The Hall–Kier alpha value is -1.94. The van der Waals surface area contributed by atoms with Crippen LogP contribution in [0, 0.1) is 0 Å². The molecule has 10 heteroatoms. The molecule has 5 aromatic rings. The Kier molecular flexibility index (Phi) is 6.72. The fourth-order valence-electron chi connectivity index (χ4n) is 3.36. The number of hydrogen-bond acceptors (Lipinski definition) is 4. The highest BCUT2D eigenvalue weighted by Crippen LogP contribution is 2.43. The SMILES string of the molecule is O=C(Nc1ccc(Br)cc1)c1sc2cc3c(Cl)c(C(=O)Nc4ccc(Br)cc4)sc3cc2c1Cl. The predicted octanol–water partition coefficient (Wildman–Crippen LogP) is 9.45. The third-order valence-corrected chi connectivity index (χ3v) is 9.36. The van der Waals surface area contributed by atoms with Crippen molar-refractivity contribution in [1.82, 2.24) is 0 Å². The molecular formula is C24H12Br2Cl2N2O2S2. The van der Waals surface area contributed by atoms with E-state index >= 15 is 0 Å². The standard InChI is InChI=1S/C24H12Br2Cl2N2O2S2/c25-11-1-5-13(6-2-11)29-23(31)21-19(27)15-9-18-16(10-17(15)33-21)20(28)22(34-18)24(32)30-14-7-3-12(26)4-8-14/h1-10H,(H,29,31)(H,30,32). The smallest absolute Gasteiger partial charge is 0.267 e. The number of benzene rings is 3. The van der Waals surface area contributed by atoms with Crippen LogP contribution in [0.1, 0.15) is 19.3 Å². The Bertz CT molecular complexity index is 1460. The molecule has 0 aliphatic rings. The Morgan fingerprint density at radius 2 is 1.00 bits per heavy atom. The molecule has 0 saturated carbocycles. The van der Waals surface area contributed by atoms with Crippen LogP contribution in [0.15, 0.2) is 69.6 Å². The minimum atomic E-state index is -0.280. The van der Waals surface area contributed by atoms with Gasteiger partial charge in [0.1, 0.15) is 9.75 Å². The lowest BCUT2D eigenvalue weighted by molar-refractivity contribution is 0.102. The van der Waals surface area contributed by atoms with E-state index in [4.69, 9.17) is 23.2 Å². The van der Waals surface area contributed by atoms with Crippen molar-refractivity contribution >= 4 is 121 Å². The average Bonchev–Trinajstić information content (AvgIpc) is 3.32. The minimum absolute atomic E-state index is 0.280. The lowest BCUT2D eigenvalue weighted by Crippen LogP contribution is -2.10. The monoisotopic (exact) mass is 652 g/mol. The lowest BCUT2D eigenvalue weighted by Gasteiger charge is -2.04. The molecule has 0 aliphatic carbocycles. The third kappa shape index (κ3) is 4.63. The second-order valence-corrected chi connectivity index (χ2v) is 11.9. The molecule has 0 saturated heterocycles. The van der Waals surface area contributed by atoms with Gasteiger partial charge in [-0.15, -0.1) is 22.7 Å². The molecule has 3 aromatic carbocycles. The van der Waals surface area contributed by atoms with Crippen LogP contribution >= 0.6 is 77.7 Å². The molecular weight excluding hydrogens is 643 g/mol. The van der Waals surface area contributed by atoms with Gasteiger partial charge in [0.2, 0.25) is 0 Å². The molecule has 2 aromatic heterocycles. The fraction of sp³-hybridized carbons (Fsp3) is 0. The summed E-state index contributed by atoms with van der Waals surface area (Å²) >= 11 is 22.5. The first-order valence-electron chi connectivity index (χ1n) is 9.78. The van der Waals surface area contributed by atoms with Crippen molar-refractivity contribution in [2.75, 3.05) is 10.6 Å². The summed E-state index contributed by atoms with van der Waals surface area (Å²) in [5, 5.41) is 7.99. The largest absolute Gasteiger partial charge is 0.321 e. The van der Waals surface area contributed by atoms with Crippen LogP contribution in [-0.4, -0.2) is 11.8 Å². The van der Waals surface area contributed by atoms with Crippen molar-refractivity contribution in [2.45, 2.75) is 0 Å². The van der Waals surface area contributed by atoms with Gasteiger partial charge in [-0.3, -0.25) is 9.59 Å². The van der Waals surface area contributed by atoms with E-state index in [1.54, 1.807) is 24.3 Å². The molecule has 4 nitrogen and oxygen atoms in total. The number of rotatable bonds is 4. The maximum atomic E-state index is 12.8. The molecule has 0 atom stereocenters. The van der Waals surface area contributed by atoms with Gasteiger partial charge in [-0.2, -0.15) is 0 Å². The van der Waals surface area contributed by atoms with E-state index < -0.39 is 0 Å². The number of nitrogens with one attached hydrogen (secondary N) is 2. The summed E-state index contributed by atoms with van der Waals surface area (Å²) in [6.45, 7) is 0. The first-order valence-corrected chi connectivity index (χ1v) is 13.8. The molecule has 170 valence electrons. The van der Waals surface area contributed by atoms with E-state index in [1.807, 2.05) is 36.4 Å². The van der Waals surface area contributed by atoms with Crippen molar-refractivity contribution in [1.29, 1.82) is 0 Å². The molecule has 0 spiro atoms. The van der Waals surface area contributed by atoms with Crippen LogP contribution in [0.5, 0.6) is 0 Å². The lowest BCUT2D eigenvalue weighted by atomic mass is 10.2. The molecule has 0 unspecified atom stereocenters. The number of thiophene rings is 2. The van der Waals surface area contributed by atoms with E-state index in [0.717, 1.165) is 29.1 Å².